The van der Waals surface area contributed by atoms with Crippen LogP contribution in [-0.4, -0.2) is 12.5 Å². The number of nitrogens with two attached hydrogens (primary N) is 1. The van der Waals surface area contributed by atoms with Crippen molar-refractivity contribution in [2.45, 2.75) is 19.3 Å². The highest BCUT2D eigenvalue weighted by Gasteiger charge is 2.42. The fraction of sp³-hybridized carbons (Fsp3) is 0.833. The highest BCUT2D eigenvalue weighted by Crippen LogP contribution is 2.39. The molecule has 1 saturated carbocycles. The van der Waals surface area contributed by atoms with Crippen LogP contribution in [0.4, 0.5) is 0 Å². The third kappa shape index (κ3) is 0.995. The van der Waals surface area contributed by atoms with Gasteiger partial charge in [-0.05, 0) is 12.8 Å². The Labute approximate surface area is 65.0 Å². The Morgan fingerprint density at radius 1 is 1.70 bits per heavy atom. The van der Waals surface area contributed by atoms with Gasteiger partial charge in [0, 0.05) is 18.3 Å². The number of hydrogen-bond donors (Lipinski definition) is 2. The van der Waals surface area contributed by atoms with Crippen LogP contribution >= 0.6 is 11.8 Å². The van der Waals surface area contributed by atoms with Crippen LogP contribution in [0.25, 0.3) is 0 Å². The second-order valence-corrected chi connectivity index (χ2v) is 2.95. The van der Waals surface area contributed by atoms with Crippen LogP contribution in [0.15, 0.2) is 0 Å². The molecule has 0 radical (unpaired) electrons. The molecule has 0 heterocycles. The Morgan fingerprint density at radius 2 is 2.30 bits per heavy atom. The molecule has 1 amide bonds. The van der Waals surface area contributed by atoms with E-state index < -0.39 is 0 Å². The van der Waals surface area contributed by atoms with Crippen LogP contribution in [0.3, 0.4) is 0 Å². The van der Waals surface area contributed by atoms with Gasteiger partial charge in [0.25, 0.3) is 0 Å². The minimum atomic E-state index is -0.332. The van der Waals surface area contributed by atoms with Crippen LogP contribution in [0.2, 0.25) is 0 Å². The van der Waals surface area contributed by atoms with Crippen molar-refractivity contribution in [2.24, 2.45) is 11.1 Å². The quantitative estimate of drug-likeness (QED) is 0.577. The van der Waals surface area contributed by atoms with Gasteiger partial charge in [0.05, 0.1) is 5.41 Å². The van der Waals surface area contributed by atoms with E-state index in [1.54, 1.807) is 0 Å². The standard InChI is InChI=1S/C6H11ClN2O/c7-9-5(10)6(4-8)2-1-3-6/h1-4,8H2,(H,9,10). The number of rotatable bonds is 2. The Kier molecular flexibility index (Phi) is 2.16. The van der Waals surface area contributed by atoms with E-state index in [9.17, 15) is 4.79 Å². The van der Waals surface area contributed by atoms with Crippen molar-refractivity contribution in [2.75, 3.05) is 6.54 Å². The van der Waals surface area contributed by atoms with Crippen molar-refractivity contribution >= 4 is 17.7 Å². The zero-order chi connectivity index (χ0) is 7.61. The first kappa shape index (κ1) is 7.82. The van der Waals surface area contributed by atoms with Gasteiger partial charge in [0.15, 0.2) is 0 Å². The summed E-state index contributed by atoms with van der Waals surface area (Å²) in [6.45, 7) is 0.408. The number of nitrogens with one attached hydrogen (secondary N) is 1. The van der Waals surface area contributed by atoms with E-state index in [0.717, 1.165) is 19.3 Å². The number of carbonyl (C=O) groups excluding carboxylic acids is 1. The summed E-state index contributed by atoms with van der Waals surface area (Å²) in [6, 6.07) is 0. The molecule has 0 aromatic heterocycles. The Morgan fingerprint density at radius 3 is 2.40 bits per heavy atom. The molecule has 0 spiro atoms. The molecule has 58 valence electrons. The largest absolute Gasteiger partial charge is 0.329 e. The average molecular weight is 163 g/mol. The summed E-state index contributed by atoms with van der Waals surface area (Å²) in [7, 11) is 0. The Balaban J connectivity index is 2.55. The highest BCUT2D eigenvalue weighted by molar-refractivity contribution is 6.22. The molecule has 1 aliphatic carbocycles. The third-order valence-electron chi connectivity index (χ3n) is 2.27. The molecule has 3 nitrogen and oxygen atoms in total. The first-order valence-corrected chi connectivity index (χ1v) is 3.74. The van der Waals surface area contributed by atoms with E-state index in [4.69, 9.17) is 17.5 Å². The molecule has 0 unspecified atom stereocenters. The van der Waals surface area contributed by atoms with Gasteiger partial charge in [0.2, 0.25) is 5.91 Å². The molecule has 3 N–H and O–H groups in total. The molecule has 4 heteroatoms. The minimum Gasteiger partial charge on any atom is -0.329 e. The molecule has 0 saturated heterocycles. The lowest BCUT2D eigenvalue weighted by Gasteiger charge is -2.38. The van der Waals surface area contributed by atoms with Gasteiger partial charge in [-0.15, -0.1) is 0 Å². The zero-order valence-corrected chi connectivity index (χ0v) is 6.45. The first-order valence-electron chi connectivity index (χ1n) is 3.36. The number of hydrogen-bond acceptors (Lipinski definition) is 2. The Bertz CT molecular complexity index is 139. The predicted molar refractivity (Wildman–Crippen MR) is 39.3 cm³/mol. The number of halogens is 1. The van der Waals surface area contributed by atoms with Crippen LogP contribution in [0.1, 0.15) is 19.3 Å². The molecular formula is C6H11ClN2O. The van der Waals surface area contributed by atoms with Gasteiger partial charge in [-0.2, -0.15) is 0 Å². The maximum atomic E-state index is 11.0. The maximum Gasteiger partial charge on any atom is 0.241 e. The van der Waals surface area contributed by atoms with Gasteiger partial charge in [-0.25, -0.2) is 0 Å². The number of carbonyl (C=O) groups is 1. The second kappa shape index (κ2) is 2.76. The topological polar surface area (TPSA) is 55.1 Å². The normalized spacial score (nSPS) is 21.4. The molecule has 0 aromatic carbocycles. The van der Waals surface area contributed by atoms with E-state index >= 15 is 0 Å². The molecule has 0 aromatic rings. The van der Waals surface area contributed by atoms with Gasteiger partial charge < -0.3 is 5.73 Å². The lowest BCUT2D eigenvalue weighted by atomic mass is 9.68. The molecule has 1 aliphatic rings. The van der Waals surface area contributed by atoms with Crippen molar-refractivity contribution in [1.29, 1.82) is 0 Å². The monoisotopic (exact) mass is 162 g/mol. The van der Waals surface area contributed by atoms with E-state index in [1.165, 1.54) is 0 Å². The zero-order valence-electron chi connectivity index (χ0n) is 5.69. The van der Waals surface area contributed by atoms with E-state index in [2.05, 4.69) is 4.84 Å². The fourth-order valence-electron chi connectivity index (χ4n) is 1.23. The second-order valence-electron chi connectivity index (χ2n) is 2.76. The van der Waals surface area contributed by atoms with E-state index in [0.29, 0.717) is 6.54 Å². The fourth-order valence-corrected chi connectivity index (χ4v) is 1.43. The molecule has 1 rings (SSSR count). The third-order valence-corrected chi connectivity index (χ3v) is 2.44. The first-order chi connectivity index (χ1) is 4.75. The van der Waals surface area contributed by atoms with E-state index in [1.807, 2.05) is 0 Å². The summed E-state index contributed by atoms with van der Waals surface area (Å²) in [6.07, 6.45) is 2.84. The summed E-state index contributed by atoms with van der Waals surface area (Å²) < 4.78 is 0. The minimum absolute atomic E-state index is 0.122. The summed E-state index contributed by atoms with van der Waals surface area (Å²) in [4.78, 5) is 13.1. The Hall–Kier alpha value is -0.280. The van der Waals surface area contributed by atoms with Crippen molar-refractivity contribution in [3.8, 4) is 0 Å². The summed E-state index contributed by atoms with van der Waals surface area (Å²) in [5, 5.41) is 0. The van der Waals surface area contributed by atoms with Gasteiger partial charge >= 0.3 is 0 Å². The van der Waals surface area contributed by atoms with Crippen molar-refractivity contribution in [3.05, 3.63) is 0 Å². The SMILES string of the molecule is NCC1(C(=O)NCl)CCC1. The molecule has 1 fully saturated rings. The van der Waals surface area contributed by atoms with Crippen molar-refractivity contribution in [3.63, 3.8) is 0 Å². The van der Waals surface area contributed by atoms with Crippen LogP contribution < -0.4 is 10.6 Å². The lowest BCUT2D eigenvalue weighted by molar-refractivity contribution is -0.133. The number of amides is 1. The molecule has 0 aliphatic heterocycles. The lowest BCUT2D eigenvalue weighted by Crippen LogP contribution is -2.48. The van der Waals surface area contributed by atoms with Crippen LogP contribution in [-0.2, 0) is 4.79 Å². The van der Waals surface area contributed by atoms with Gasteiger partial charge in [-0.3, -0.25) is 9.63 Å². The average Bonchev–Trinajstić information content (AvgIpc) is 1.86. The molecule has 10 heavy (non-hydrogen) atoms. The summed E-state index contributed by atoms with van der Waals surface area (Å²) in [5.41, 5.74) is 5.09. The summed E-state index contributed by atoms with van der Waals surface area (Å²) >= 11 is 5.17. The van der Waals surface area contributed by atoms with Crippen molar-refractivity contribution in [1.82, 2.24) is 4.84 Å². The van der Waals surface area contributed by atoms with Crippen molar-refractivity contribution < 1.29 is 4.79 Å². The molecule has 0 bridgehead atoms. The predicted octanol–water partition coefficient (Wildman–Crippen LogP) is 0.385. The maximum absolute atomic E-state index is 11.0. The van der Waals surface area contributed by atoms with Crippen LogP contribution in [0, 0.1) is 5.41 Å². The van der Waals surface area contributed by atoms with Gasteiger partial charge in [-0.1, -0.05) is 6.42 Å². The highest BCUT2D eigenvalue weighted by atomic mass is 35.5. The summed E-state index contributed by atoms with van der Waals surface area (Å²) in [5.74, 6) is -0.122. The molecular weight excluding hydrogens is 152 g/mol. The molecule has 0 atom stereocenters. The van der Waals surface area contributed by atoms with Gasteiger partial charge in [0.1, 0.15) is 0 Å². The van der Waals surface area contributed by atoms with E-state index in [-0.39, 0.29) is 11.3 Å². The smallest absolute Gasteiger partial charge is 0.241 e. The van der Waals surface area contributed by atoms with Crippen LogP contribution in [0.5, 0.6) is 0 Å².